The zero-order valence-electron chi connectivity index (χ0n) is 5.13. The summed E-state index contributed by atoms with van der Waals surface area (Å²) < 4.78 is 4.92. The van der Waals surface area contributed by atoms with Crippen molar-refractivity contribution >= 4 is 12.6 Å². The van der Waals surface area contributed by atoms with Gasteiger partial charge in [-0.3, -0.25) is 5.73 Å². The SMILES string of the molecule is CCCCO[C@H](N)S. The molecular weight excluding hydrogens is 122 g/mol. The minimum Gasteiger partial charge on any atom is -0.354 e. The second-order valence-corrected chi connectivity index (χ2v) is 2.12. The predicted molar refractivity (Wildman–Crippen MR) is 37.8 cm³/mol. The van der Waals surface area contributed by atoms with Crippen LogP contribution in [0.4, 0.5) is 0 Å². The van der Waals surface area contributed by atoms with Gasteiger partial charge in [0.25, 0.3) is 0 Å². The van der Waals surface area contributed by atoms with Crippen LogP contribution < -0.4 is 5.73 Å². The number of thiol groups is 1. The minimum absolute atomic E-state index is 0.401. The smallest absolute Gasteiger partial charge is 0.150 e. The lowest BCUT2D eigenvalue weighted by Crippen LogP contribution is -2.16. The second kappa shape index (κ2) is 5.41. The summed E-state index contributed by atoms with van der Waals surface area (Å²) in [6, 6.07) is 0. The molecular formula is C5H13NOS. The van der Waals surface area contributed by atoms with Gasteiger partial charge < -0.3 is 4.74 Å². The molecule has 8 heavy (non-hydrogen) atoms. The van der Waals surface area contributed by atoms with Crippen molar-refractivity contribution in [3.63, 3.8) is 0 Å². The Morgan fingerprint density at radius 3 is 2.75 bits per heavy atom. The summed E-state index contributed by atoms with van der Waals surface area (Å²) in [6.45, 7) is 2.83. The molecule has 1 atom stereocenters. The Balaban J connectivity index is 2.72. The van der Waals surface area contributed by atoms with Crippen LogP contribution in [0.1, 0.15) is 19.8 Å². The lowest BCUT2D eigenvalue weighted by molar-refractivity contribution is 0.115. The zero-order valence-corrected chi connectivity index (χ0v) is 6.03. The molecule has 0 aromatic carbocycles. The summed E-state index contributed by atoms with van der Waals surface area (Å²) in [5.74, 6) is 0. The molecule has 0 spiro atoms. The first-order valence-electron chi connectivity index (χ1n) is 2.82. The molecule has 0 saturated heterocycles. The van der Waals surface area contributed by atoms with Crippen molar-refractivity contribution in [3.05, 3.63) is 0 Å². The Bertz CT molecular complexity index is 49.7. The van der Waals surface area contributed by atoms with E-state index in [1.807, 2.05) is 0 Å². The van der Waals surface area contributed by atoms with E-state index in [1.165, 1.54) is 0 Å². The van der Waals surface area contributed by atoms with Gasteiger partial charge in [-0.05, 0) is 6.42 Å². The van der Waals surface area contributed by atoms with E-state index in [0.29, 0.717) is 0 Å². The third-order valence-electron chi connectivity index (χ3n) is 0.787. The molecule has 0 unspecified atom stereocenters. The maximum Gasteiger partial charge on any atom is 0.150 e. The molecule has 0 aliphatic carbocycles. The first-order valence-corrected chi connectivity index (χ1v) is 3.34. The largest absolute Gasteiger partial charge is 0.354 e. The standard InChI is InChI=1S/C5H13NOS/c1-2-3-4-7-5(6)8/h5,8H,2-4,6H2,1H3/t5-/m0/s1. The summed E-state index contributed by atoms with van der Waals surface area (Å²) >= 11 is 3.83. The monoisotopic (exact) mass is 135 g/mol. The van der Waals surface area contributed by atoms with Crippen molar-refractivity contribution in [1.29, 1.82) is 0 Å². The zero-order chi connectivity index (χ0) is 6.41. The van der Waals surface area contributed by atoms with Gasteiger partial charge in [0.05, 0.1) is 0 Å². The predicted octanol–water partition coefficient (Wildman–Crippen LogP) is 0.975. The van der Waals surface area contributed by atoms with E-state index < -0.39 is 5.56 Å². The number of hydrogen-bond acceptors (Lipinski definition) is 3. The van der Waals surface area contributed by atoms with E-state index in [1.54, 1.807) is 0 Å². The number of rotatable bonds is 4. The van der Waals surface area contributed by atoms with Crippen LogP contribution in [-0.2, 0) is 4.74 Å². The van der Waals surface area contributed by atoms with Gasteiger partial charge in [-0.25, -0.2) is 0 Å². The molecule has 0 rings (SSSR count). The molecule has 0 fully saturated rings. The van der Waals surface area contributed by atoms with Crippen LogP contribution in [0.15, 0.2) is 0 Å². The van der Waals surface area contributed by atoms with Crippen LogP contribution in [0.2, 0.25) is 0 Å². The van der Waals surface area contributed by atoms with Crippen LogP contribution in [-0.4, -0.2) is 12.2 Å². The highest BCUT2D eigenvalue weighted by Crippen LogP contribution is 1.91. The van der Waals surface area contributed by atoms with E-state index in [0.717, 1.165) is 19.4 Å². The molecule has 2 N–H and O–H groups in total. The van der Waals surface area contributed by atoms with E-state index in [2.05, 4.69) is 19.6 Å². The number of hydrogen-bond donors (Lipinski definition) is 2. The molecule has 0 heterocycles. The lowest BCUT2D eigenvalue weighted by Gasteiger charge is -2.03. The van der Waals surface area contributed by atoms with Gasteiger partial charge in [-0.1, -0.05) is 13.3 Å². The van der Waals surface area contributed by atoms with Crippen LogP contribution >= 0.6 is 12.6 Å². The molecule has 0 aliphatic heterocycles. The molecule has 0 bridgehead atoms. The average Bonchev–Trinajstić information content (AvgIpc) is 1.66. The average molecular weight is 135 g/mol. The number of ether oxygens (including phenoxy) is 1. The summed E-state index contributed by atoms with van der Waals surface area (Å²) in [4.78, 5) is 0. The van der Waals surface area contributed by atoms with E-state index in [9.17, 15) is 0 Å². The maximum atomic E-state index is 5.18. The minimum atomic E-state index is -0.401. The Hall–Kier alpha value is 0.270. The highest BCUT2D eigenvalue weighted by molar-refractivity contribution is 7.80. The van der Waals surface area contributed by atoms with Crippen LogP contribution in [0.5, 0.6) is 0 Å². The number of unbranched alkanes of at least 4 members (excludes halogenated alkanes) is 1. The van der Waals surface area contributed by atoms with Crippen molar-refractivity contribution in [2.24, 2.45) is 5.73 Å². The van der Waals surface area contributed by atoms with Crippen LogP contribution in [0, 0.1) is 0 Å². The molecule has 2 nitrogen and oxygen atoms in total. The van der Waals surface area contributed by atoms with Crippen molar-refractivity contribution in [2.45, 2.75) is 25.3 Å². The molecule has 0 aromatic heterocycles. The third-order valence-corrected chi connectivity index (χ3v) is 0.936. The van der Waals surface area contributed by atoms with E-state index in [4.69, 9.17) is 10.5 Å². The van der Waals surface area contributed by atoms with Crippen molar-refractivity contribution in [3.8, 4) is 0 Å². The fourth-order valence-corrected chi connectivity index (χ4v) is 0.454. The maximum absolute atomic E-state index is 5.18. The van der Waals surface area contributed by atoms with Gasteiger partial charge in [-0.2, -0.15) is 0 Å². The van der Waals surface area contributed by atoms with Gasteiger partial charge in [0.15, 0.2) is 5.56 Å². The molecule has 0 saturated carbocycles. The van der Waals surface area contributed by atoms with Gasteiger partial charge in [0.2, 0.25) is 0 Å². The number of nitrogens with two attached hydrogens (primary N) is 1. The Labute approximate surface area is 55.8 Å². The Kier molecular flexibility index (Phi) is 5.59. The molecule has 0 amide bonds. The topological polar surface area (TPSA) is 35.2 Å². The van der Waals surface area contributed by atoms with Gasteiger partial charge >= 0.3 is 0 Å². The Morgan fingerprint density at radius 1 is 1.75 bits per heavy atom. The van der Waals surface area contributed by atoms with Gasteiger partial charge in [0.1, 0.15) is 0 Å². The highest BCUT2D eigenvalue weighted by atomic mass is 32.1. The highest BCUT2D eigenvalue weighted by Gasteiger charge is 1.89. The molecule has 0 aliphatic rings. The van der Waals surface area contributed by atoms with Gasteiger partial charge in [0, 0.05) is 6.61 Å². The molecule has 50 valence electrons. The van der Waals surface area contributed by atoms with E-state index >= 15 is 0 Å². The quantitative estimate of drug-likeness (QED) is 0.342. The lowest BCUT2D eigenvalue weighted by atomic mass is 10.4. The fraction of sp³-hybridized carbons (Fsp3) is 1.00. The summed E-state index contributed by atoms with van der Waals surface area (Å²) in [7, 11) is 0. The van der Waals surface area contributed by atoms with Crippen LogP contribution in [0.3, 0.4) is 0 Å². The molecule has 0 radical (unpaired) electrons. The van der Waals surface area contributed by atoms with Crippen molar-refractivity contribution < 1.29 is 4.74 Å². The van der Waals surface area contributed by atoms with Crippen molar-refractivity contribution in [1.82, 2.24) is 0 Å². The van der Waals surface area contributed by atoms with E-state index in [-0.39, 0.29) is 0 Å². The summed E-state index contributed by atoms with van der Waals surface area (Å²) in [5.41, 5.74) is 4.77. The Morgan fingerprint density at radius 2 is 2.38 bits per heavy atom. The van der Waals surface area contributed by atoms with Gasteiger partial charge in [-0.15, -0.1) is 12.6 Å². The summed E-state index contributed by atoms with van der Waals surface area (Å²) in [6.07, 6.45) is 2.20. The second-order valence-electron chi connectivity index (χ2n) is 1.61. The first-order chi connectivity index (χ1) is 3.77. The van der Waals surface area contributed by atoms with Crippen molar-refractivity contribution in [2.75, 3.05) is 6.61 Å². The molecule has 3 heteroatoms. The first kappa shape index (κ1) is 8.27. The normalized spacial score (nSPS) is 13.9. The third kappa shape index (κ3) is 6.27. The fourth-order valence-electron chi connectivity index (χ4n) is 0.348. The molecule has 0 aromatic rings. The van der Waals surface area contributed by atoms with Crippen LogP contribution in [0.25, 0.3) is 0 Å². The summed E-state index contributed by atoms with van der Waals surface area (Å²) in [5, 5.41) is 0.